The Hall–Kier alpha value is -2.27. The fourth-order valence-electron chi connectivity index (χ4n) is 1.32. The van der Waals surface area contributed by atoms with Crippen molar-refractivity contribution in [1.82, 2.24) is 4.98 Å². The van der Waals surface area contributed by atoms with Crippen molar-refractivity contribution in [1.29, 1.82) is 0 Å². The highest BCUT2D eigenvalue weighted by Gasteiger charge is 1.94. The average Bonchev–Trinajstić information content (AvgIpc) is 2.32. The summed E-state index contributed by atoms with van der Waals surface area (Å²) in [5, 5.41) is 0. The summed E-state index contributed by atoms with van der Waals surface area (Å²) in [6, 6.07) is 11.8. The Labute approximate surface area is 95.1 Å². The molecule has 0 unspecified atom stereocenters. The van der Waals surface area contributed by atoms with Crippen LogP contribution in [0.3, 0.4) is 0 Å². The molecule has 1 aromatic carbocycles. The zero-order valence-corrected chi connectivity index (χ0v) is 9.07. The van der Waals surface area contributed by atoms with Gasteiger partial charge in [-0.3, -0.25) is 0 Å². The Morgan fingerprint density at radius 2 is 1.75 bits per heavy atom. The van der Waals surface area contributed by atoms with Gasteiger partial charge in [-0.15, -0.1) is 0 Å². The number of aromatic nitrogens is 1. The number of pyridine rings is 1. The van der Waals surface area contributed by atoms with Gasteiger partial charge in [0.15, 0.2) is 0 Å². The number of hydrogen-bond donors (Lipinski definition) is 1. The third-order valence-electron chi connectivity index (χ3n) is 2.24. The Kier molecular flexibility index (Phi) is 2.88. The van der Waals surface area contributed by atoms with Crippen LogP contribution >= 0.6 is 0 Å². The van der Waals surface area contributed by atoms with Crippen LogP contribution in [-0.2, 0) is 0 Å². The largest absolute Gasteiger partial charge is 0.383 e. The van der Waals surface area contributed by atoms with E-state index in [1.807, 2.05) is 43.3 Å². The lowest BCUT2D eigenvalue weighted by atomic mass is 10.2. The monoisotopic (exact) mass is 208 g/mol. The maximum atomic E-state index is 5.64. The van der Waals surface area contributed by atoms with E-state index in [1.54, 1.807) is 6.20 Å². The third kappa shape index (κ3) is 2.40. The second-order valence-electron chi connectivity index (χ2n) is 3.54. The van der Waals surface area contributed by atoms with E-state index in [-0.39, 0.29) is 0 Å². The topological polar surface area (TPSA) is 38.9 Å². The molecule has 2 nitrogen and oxygen atoms in total. The van der Waals surface area contributed by atoms with Gasteiger partial charge in [0.2, 0.25) is 0 Å². The second kappa shape index (κ2) is 4.50. The number of aryl methyl sites for hydroxylation is 1. The van der Waals surface area contributed by atoms with Crippen molar-refractivity contribution in [2.45, 2.75) is 6.92 Å². The van der Waals surface area contributed by atoms with Crippen molar-refractivity contribution < 1.29 is 0 Å². The van der Waals surface area contributed by atoms with Crippen molar-refractivity contribution >= 4 is 5.82 Å². The van der Waals surface area contributed by atoms with Crippen LogP contribution in [-0.4, -0.2) is 4.98 Å². The standard InChI is InChI=1S/C14H12N2/c1-11-9-13(10-16-14(11)15)8-7-12-5-3-2-4-6-12/h2-6,9-10H,1H3,(H2,15,16). The molecule has 0 saturated heterocycles. The lowest BCUT2D eigenvalue weighted by Gasteiger charge is -1.97. The van der Waals surface area contributed by atoms with Crippen LogP contribution in [0, 0.1) is 18.8 Å². The zero-order valence-electron chi connectivity index (χ0n) is 9.07. The van der Waals surface area contributed by atoms with E-state index in [4.69, 9.17) is 5.73 Å². The summed E-state index contributed by atoms with van der Waals surface area (Å²) in [4.78, 5) is 4.07. The van der Waals surface area contributed by atoms with Gasteiger partial charge in [0.25, 0.3) is 0 Å². The van der Waals surface area contributed by atoms with Gasteiger partial charge in [-0.2, -0.15) is 0 Å². The van der Waals surface area contributed by atoms with E-state index >= 15 is 0 Å². The van der Waals surface area contributed by atoms with Crippen molar-refractivity contribution in [3.8, 4) is 11.8 Å². The first kappa shape index (κ1) is 10.3. The molecule has 1 aromatic heterocycles. The molecule has 16 heavy (non-hydrogen) atoms. The van der Waals surface area contributed by atoms with E-state index in [1.165, 1.54) is 0 Å². The molecule has 0 saturated carbocycles. The molecule has 0 fully saturated rings. The van der Waals surface area contributed by atoms with Gasteiger partial charge in [0.1, 0.15) is 5.82 Å². The van der Waals surface area contributed by atoms with Gasteiger partial charge in [-0.05, 0) is 30.7 Å². The van der Waals surface area contributed by atoms with Crippen molar-refractivity contribution in [2.24, 2.45) is 0 Å². The van der Waals surface area contributed by atoms with Crippen LogP contribution in [0.25, 0.3) is 0 Å². The average molecular weight is 208 g/mol. The molecule has 0 amide bonds. The van der Waals surface area contributed by atoms with Gasteiger partial charge >= 0.3 is 0 Å². The molecule has 0 spiro atoms. The van der Waals surface area contributed by atoms with Crippen LogP contribution in [0.15, 0.2) is 42.6 Å². The molecule has 2 heteroatoms. The fourth-order valence-corrected chi connectivity index (χ4v) is 1.32. The summed E-state index contributed by atoms with van der Waals surface area (Å²) in [5.74, 6) is 6.70. The van der Waals surface area contributed by atoms with Gasteiger partial charge in [0, 0.05) is 17.3 Å². The number of nitrogen functional groups attached to an aromatic ring is 1. The maximum Gasteiger partial charge on any atom is 0.126 e. The fraction of sp³-hybridized carbons (Fsp3) is 0.0714. The lowest BCUT2D eigenvalue weighted by Crippen LogP contribution is -1.93. The molecule has 0 bridgehead atoms. The minimum atomic E-state index is 0.560. The SMILES string of the molecule is Cc1cc(C#Cc2ccccc2)cnc1N. The van der Waals surface area contributed by atoms with Crippen molar-refractivity contribution in [3.63, 3.8) is 0 Å². The van der Waals surface area contributed by atoms with E-state index in [0.29, 0.717) is 5.82 Å². The molecule has 2 aromatic rings. The van der Waals surface area contributed by atoms with Crippen LogP contribution in [0.2, 0.25) is 0 Å². The molecule has 2 N–H and O–H groups in total. The van der Waals surface area contributed by atoms with Crippen LogP contribution in [0.4, 0.5) is 5.82 Å². The van der Waals surface area contributed by atoms with E-state index in [9.17, 15) is 0 Å². The number of benzene rings is 1. The highest BCUT2D eigenvalue weighted by Crippen LogP contribution is 2.08. The third-order valence-corrected chi connectivity index (χ3v) is 2.24. The highest BCUT2D eigenvalue weighted by molar-refractivity contribution is 5.47. The smallest absolute Gasteiger partial charge is 0.126 e. The van der Waals surface area contributed by atoms with E-state index in [2.05, 4.69) is 16.8 Å². The molecule has 0 aliphatic heterocycles. The summed E-state index contributed by atoms with van der Waals surface area (Å²) >= 11 is 0. The molecule has 0 aliphatic rings. The summed E-state index contributed by atoms with van der Waals surface area (Å²) in [6.45, 7) is 1.93. The molecular weight excluding hydrogens is 196 g/mol. The normalized spacial score (nSPS) is 9.31. The first-order valence-electron chi connectivity index (χ1n) is 5.05. The van der Waals surface area contributed by atoms with Gasteiger partial charge in [-0.25, -0.2) is 4.98 Å². The van der Waals surface area contributed by atoms with Crippen LogP contribution < -0.4 is 5.73 Å². The number of hydrogen-bond acceptors (Lipinski definition) is 2. The lowest BCUT2D eigenvalue weighted by molar-refractivity contribution is 1.27. The Bertz CT molecular complexity index is 548. The molecular formula is C14H12N2. The van der Waals surface area contributed by atoms with Gasteiger partial charge in [0.05, 0.1) is 0 Å². The van der Waals surface area contributed by atoms with E-state index in [0.717, 1.165) is 16.7 Å². The molecule has 78 valence electrons. The summed E-state index contributed by atoms with van der Waals surface area (Å²) in [6.07, 6.45) is 1.69. The predicted octanol–water partition coefficient (Wildman–Crippen LogP) is 2.37. The molecule has 0 aliphatic carbocycles. The summed E-state index contributed by atoms with van der Waals surface area (Å²) in [7, 11) is 0. The van der Waals surface area contributed by atoms with Crippen LogP contribution in [0.1, 0.15) is 16.7 Å². The van der Waals surface area contributed by atoms with E-state index < -0.39 is 0 Å². The van der Waals surface area contributed by atoms with Gasteiger partial charge < -0.3 is 5.73 Å². The summed E-state index contributed by atoms with van der Waals surface area (Å²) in [5.41, 5.74) is 8.48. The minimum Gasteiger partial charge on any atom is -0.383 e. The van der Waals surface area contributed by atoms with Crippen LogP contribution in [0.5, 0.6) is 0 Å². The quantitative estimate of drug-likeness (QED) is 0.675. The number of rotatable bonds is 0. The number of nitrogens with two attached hydrogens (primary N) is 1. The number of anilines is 1. The second-order valence-corrected chi connectivity index (χ2v) is 3.54. The van der Waals surface area contributed by atoms with Crippen molar-refractivity contribution in [2.75, 3.05) is 5.73 Å². The number of nitrogens with zero attached hydrogens (tertiary/aromatic N) is 1. The predicted molar refractivity (Wildman–Crippen MR) is 65.8 cm³/mol. The minimum absolute atomic E-state index is 0.560. The molecule has 0 atom stereocenters. The van der Waals surface area contributed by atoms with Gasteiger partial charge in [-0.1, -0.05) is 30.0 Å². The first-order valence-corrected chi connectivity index (χ1v) is 5.05. The Morgan fingerprint density at radius 1 is 1.06 bits per heavy atom. The highest BCUT2D eigenvalue weighted by atomic mass is 14.8. The molecule has 0 radical (unpaired) electrons. The zero-order chi connectivity index (χ0) is 11.4. The Balaban J connectivity index is 2.28. The Morgan fingerprint density at radius 3 is 2.44 bits per heavy atom. The summed E-state index contributed by atoms with van der Waals surface area (Å²) < 4.78 is 0. The first-order chi connectivity index (χ1) is 7.75. The molecule has 2 rings (SSSR count). The van der Waals surface area contributed by atoms with Crippen molar-refractivity contribution in [3.05, 3.63) is 59.3 Å². The molecule has 1 heterocycles. The maximum absolute atomic E-state index is 5.64.